The number of benzene rings is 2. The van der Waals surface area contributed by atoms with E-state index in [0.717, 1.165) is 35.5 Å². The molecule has 2 aromatic carbocycles. The van der Waals surface area contributed by atoms with Gasteiger partial charge in [-0.25, -0.2) is 9.48 Å². The van der Waals surface area contributed by atoms with E-state index in [4.69, 9.17) is 16.3 Å². The van der Waals surface area contributed by atoms with E-state index in [1.54, 1.807) is 23.0 Å². The molecule has 134 valence electrons. The number of para-hydroxylation sites is 1. The summed E-state index contributed by atoms with van der Waals surface area (Å²) >= 11 is 5.96. The number of carbonyl (C=O) groups excluding carboxylic acids is 1. The molecule has 0 saturated heterocycles. The molecule has 0 spiro atoms. The predicted molar refractivity (Wildman–Crippen MR) is 103 cm³/mol. The van der Waals surface area contributed by atoms with Crippen molar-refractivity contribution >= 4 is 23.4 Å². The van der Waals surface area contributed by atoms with Crippen molar-refractivity contribution in [1.29, 1.82) is 0 Å². The maximum absolute atomic E-state index is 12.3. The summed E-state index contributed by atoms with van der Waals surface area (Å²) in [6, 6.07) is 14.9. The Morgan fingerprint density at radius 3 is 2.62 bits per heavy atom. The van der Waals surface area contributed by atoms with Gasteiger partial charge in [0.2, 0.25) is 0 Å². The maximum Gasteiger partial charge on any atom is 0.417 e. The number of hydrogen-bond donors (Lipinski definition) is 1. The number of carbonyl (C=O) groups is 1. The lowest BCUT2D eigenvalue weighted by Gasteiger charge is -2.11. The molecule has 1 amide bonds. The minimum atomic E-state index is -0.535. The highest BCUT2D eigenvalue weighted by Crippen LogP contribution is 2.25. The van der Waals surface area contributed by atoms with Gasteiger partial charge in [-0.3, -0.25) is 5.32 Å². The average molecular weight is 370 g/mol. The number of aryl methyl sites for hydroxylation is 1. The Morgan fingerprint density at radius 2 is 1.92 bits per heavy atom. The largest absolute Gasteiger partial charge is 0.417 e. The highest BCUT2D eigenvalue weighted by atomic mass is 35.5. The third-order valence-electron chi connectivity index (χ3n) is 3.97. The molecule has 3 rings (SSSR count). The highest BCUT2D eigenvalue weighted by Gasteiger charge is 2.16. The molecule has 0 atom stereocenters. The smallest absolute Gasteiger partial charge is 0.406 e. The standard InChI is InChI=1S/C20H20ClN3O2/c1-3-6-18-19(13-22-24(18)16-11-9-15(21)10-12-16)26-20(25)23-17-8-5-4-7-14(17)2/h4-5,7-13H,3,6H2,1-2H3,(H,23,25). The molecule has 6 heteroatoms. The summed E-state index contributed by atoms with van der Waals surface area (Å²) < 4.78 is 7.30. The molecular weight excluding hydrogens is 350 g/mol. The van der Waals surface area contributed by atoms with Crippen LogP contribution in [0.3, 0.4) is 0 Å². The second kappa shape index (κ2) is 8.06. The maximum atomic E-state index is 12.3. The number of aromatic nitrogens is 2. The van der Waals surface area contributed by atoms with E-state index >= 15 is 0 Å². The molecule has 0 aliphatic carbocycles. The predicted octanol–water partition coefficient (Wildman–Crippen LogP) is 5.40. The first-order valence-corrected chi connectivity index (χ1v) is 8.83. The number of hydrogen-bond acceptors (Lipinski definition) is 3. The molecule has 0 aliphatic heterocycles. The second-order valence-electron chi connectivity index (χ2n) is 5.92. The van der Waals surface area contributed by atoms with Gasteiger partial charge >= 0.3 is 6.09 Å². The van der Waals surface area contributed by atoms with Gasteiger partial charge in [0.1, 0.15) is 0 Å². The Balaban J connectivity index is 1.82. The van der Waals surface area contributed by atoms with Crippen LogP contribution in [0.15, 0.2) is 54.7 Å². The lowest BCUT2D eigenvalue weighted by Crippen LogP contribution is -2.18. The topological polar surface area (TPSA) is 56.1 Å². The van der Waals surface area contributed by atoms with Gasteiger partial charge in [0, 0.05) is 10.7 Å². The van der Waals surface area contributed by atoms with Crippen LogP contribution in [0.4, 0.5) is 10.5 Å². The van der Waals surface area contributed by atoms with Crippen LogP contribution in [0.5, 0.6) is 5.75 Å². The fourth-order valence-corrected chi connectivity index (χ4v) is 2.79. The zero-order valence-corrected chi connectivity index (χ0v) is 15.5. The van der Waals surface area contributed by atoms with Gasteiger partial charge in [0.25, 0.3) is 0 Å². The Hall–Kier alpha value is -2.79. The minimum Gasteiger partial charge on any atom is -0.406 e. The van der Waals surface area contributed by atoms with E-state index in [1.807, 2.05) is 43.3 Å². The molecule has 1 aromatic heterocycles. The van der Waals surface area contributed by atoms with Gasteiger partial charge in [-0.2, -0.15) is 5.10 Å². The first-order valence-electron chi connectivity index (χ1n) is 8.45. The quantitative estimate of drug-likeness (QED) is 0.655. The lowest BCUT2D eigenvalue weighted by molar-refractivity contribution is 0.214. The fraction of sp³-hybridized carbons (Fsp3) is 0.200. The van der Waals surface area contributed by atoms with E-state index in [0.29, 0.717) is 10.8 Å². The molecule has 0 aliphatic rings. The zero-order chi connectivity index (χ0) is 18.5. The molecular formula is C20H20ClN3O2. The first kappa shape index (κ1) is 18.0. The van der Waals surface area contributed by atoms with E-state index in [1.165, 1.54) is 0 Å². The Labute approximate surface area is 157 Å². The number of ether oxygens (including phenoxy) is 1. The summed E-state index contributed by atoms with van der Waals surface area (Å²) in [5, 5.41) is 7.81. The molecule has 0 saturated carbocycles. The van der Waals surface area contributed by atoms with Crippen LogP contribution < -0.4 is 10.1 Å². The van der Waals surface area contributed by atoms with Crippen molar-refractivity contribution in [3.05, 3.63) is 71.0 Å². The van der Waals surface area contributed by atoms with Gasteiger partial charge in [-0.1, -0.05) is 43.1 Å². The van der Waals surface area contributed by atoms with Crippen LogP contribution in [-0.4, -0.2) is 15.9 Å². The van der Waals surface area contributed by atoms with E-state index in [-0.39, 0.29) is 0 Å². The molecule has 1 N–H and O–H groups in total. The zero-order valence-electron chi connectivity index (χ0n) is 14.7. The number of nitrogens with zero attached hydrogens (tertiary/aromatic N) is 2. The summed E-state index contributed by atoms with van der Waals surface area (Å²) in [6.45, 7) is 3.99. The highest BCUT2D eigenvalue weighted by molar-refractivity contribution is 6.30. The molecule has 5 nitrogen and oxygen atoms in total. The van der Waals surface area contributed by atoms with Crippen LogP contribution in [0.25, 0.3) is 5.69 Å². The van der Waals surface area contributed by atoms with Crippen LogP contribution >= 0.6 is 11.6 Å². The summed E-state index contributed by atoms with van der Waals surface area (Å²) in [6.07, 6.45) is 2.66. The molecule has 0 radical (unpaired) electrons. The Morgan fingerprint density at radius 1 is 1.19 bits per heavy atom. The number of anilines is 1. The fourth-order valence-electron chi connectivity index (χ4n) is 2.66. The van der Waals surface area contributed by atoms with Gasteiger partial charge < -0.3 is 4.74 Å². The van der Waals surface area contributed by atoms with Gasteiger partial charge in [-0.05, 0) is 49.2 Å². The number of nitrogens with one attached hydrogen (secondary N) is 1. The van der Waals surface area contributed by atoms with E-state index in [2.05, 4.69) is 17.3 Å². The van der Waals surface area contributed by atoms with E-state index < -0.39 is 6.09 Å². The third-order valence-corrected chi connectivity index (χ3v) is 4.22. The Bertz CT molecular complexity index is 904. The van der Waals surface area contributed by atoms with Crippen LogP contribution in [-0.2, 0) is 6.42 Å². The summed E-state index contributed by atoms with van der Waals surface area (Å²) in [5.74, 6) is 0.452. The normalized spacial score (nSPS) is 10.6. The monoisotopic (exact) mass is 369 g/mol. The van der Waals surface area contributed by atoms with Crippen molar-refractivity contribution in [3.8, 4) is 11.4 Å². The third kappa shape index (κ3) is 4.06. The molecule has 0 fully saturated rings. The van der Waals surface area contributed by atoms with Gasteiger partial charge in [0.15, 0.2) is 5.75 Å². The lowest BCUT2D eigenvalue weighted by atomic mass is 10.2. The van der Waals surface area contributed by atoms with Crippen molar-refractivity contribution < 1.29 is 9.53 Å². The van der Waals surface area contributed by atoms with Crippen molar-refractivity contribution in [1.82, 2.24) is 9.78 Å². The average Bonchev–Trinajstić information content (AvgIpc) is 3.00. The van der Waals surface area contributed by atoms with Crippen LogP contribution in [0.2, 0.25) is 5.02 Å². The van der Waals surface area contributed by atoms with Crippen molar-refractivity contribution in [2.75, 3.05) is 5.32 Å². The SMILES string of the molecule is CCCc1c(OC(=O)Nc2ccccc2C)cnn1-c1ccc(Cl)cc1. The summed E-state index contributed by atoms with van der Waals surface area (Å²) in [7, 11) is 0. The van der Waals surface area contributed by atoms with Crippen LogP contribution in [0.1, 0.15) is 24.6 Å². The Kier molecular flexibility index (Phi) is 5.58. The summed E-state index contributed by atoms with van der Waals surface area (Å²) in [4.78, 5) is 12.3. The molecule has 1 heterocycles. The minimum absolute atomic E-state index is 0.452. The van der Waals surface area contributed by atoms with Crippen molar-refractivity contribution in [2.45, 2.75) is 26.7 Å². The number of halogens is 1. The van der Waals surface area contributed by atoms with Gasteiger partial charge in [-0.15, -0.1) is 0 Å². The molecule has 3 aromatic rings. The van der Waals surface area contributed by atoms with Gasteiger partial charge in [0.05, 0.1) is 17.6 Å². The van der Waals surface area contributed by atoms with E-state index in [9.17, 15) is 4.79 Å². The molecule has 0 unspecified atom stereocenters. The van der Waals surface area contributed by atoms with Crippen LogP contribution in [0, 0.1) is 6.92 Å². The molecule has 26 heavy (non-hydrogen) atoms. The molecule has 0 bridgehead atoms. The first-order chi connectivity index (χ1) is 12.6. The summed E-state index contributed by atoms with van der Waals surface area (Å²) in [5.41, 5.74) is 3.40. The second-order valence-corrected chi connectivity index (χ2v) is 6.36. The number of amides is 1. The van der Waals surface area contributed by atoms with Crippen molar-refractivity contribution in [2.24, 2.45) is 0 Å². The van der Waals surface area contributed by atoms with Crippen molar-refractivity contribution in [3.63, 3.8) is 0 Å². The number of rotatable bonds is 5.